The Morgan fingerprint density at radius 1 is 1.26 bits per heavy atom. The van der Waals surface area contributed by atoms with Crippen molar-refractivity contribution in [1.82, 2.24) is 20.7 Å². The van der Waals surface area contributed by atoms with Crippen LogP contribution in [0.5, 0.6) is 0 Å². The van der Waals surface area contributed by atoms with Gasteiger partial charge in [-0.05, 0) is 44.9 Å². The molecule has 3 rings (SSSR count). The van der Waals surface area contributed by atoms with Crippen LogP contribution in [0.25, 0.3) is 5.70 Å². The molecule has 6 nitrogen and oxygen atoms in total. The van der Waals surface area contributed by atoms with E-state index < -0.39 is 0 Å². The van der Waals surface area contributed by atoms with Gasteiger partial charge in [0.25, 0.3) is 0 Å². The minimum absolute atomic E-state index is 0.0254. The summed E-state index contributed by atoms with van der Waals surface area (Å²) < 4.78 is 0. The van der Waals surface area contributed by atoms with Crippen LogP contribution in [0.1, 0.15) is 43.7 Å². The van der Waals surface area contributed by atoms with Crippen molar-refractivity contribution in [3.63, 3.8) is 0 Å². The highest BCUT2D eigenvalue weighted by molar-refractivity contribution is 5.88. The maximum atomic E-state index is 12.3. The second kappa shape index (κ2) is 9.04. The summed E-state index contributed by atoms with van der Waals surface area (Å²) in [7, 11) is 0. The Balaban J connectivity index is 1.47. The van der Waals surface area contributed by atoms with Gasteiger partial charge < -0.3 is 5.32 Å². The lowest BCUT2D eigenvalue weighted by atomic mass is 10.0. The SMILES string of the molecule is Cc1ccc(C2=CCC(=O)N(CC(=O)NCCN3CCCCC3C)N2)cc1. The molecule has 0 bridgehead atoms. The van der Waals surface area contributed by atoms with Gasteiger partial charge in [0.1, 0.15) is 6.54 Å². The lowest BCUT2D eigenvalue weighted by molar-refractivity contribution is -0.137. The molecule has 146 valence electrons. The number of piperidine rings is 1. The van der Waals surface area contributed by atoms with E-state index in [4.69, 9.17) is 0 Å². The first kappa shape index (κ1) is 19.4. The van der Waals surface area contributed by atoms with Gasteiger partial charge in [-0.15, -0.1) is 0 Å². The molecule has 1 saturated heterocycles. The molecule has 0 aromatic heterocycles. The first-order valence-corrected chi connectivity index (χ1v) is 9.88. The summed E-state index contributed by atoms with van der Waals surface area (Å²) in [5.74, 6) is -0.226. The molecule has 2 heterocycles. The molecule has 0 aliphatic carbocycles. The average Bonchev–Trinajstić information content (AvgIpc) is 2.66. The highest BCUT2D eigenvalue weighted by atomic mass is 16.2. The predicted octanol–water partition coefficient (Wildman–Crippen LogP) is 2.06. The van der Waals surface area contributed by atoms with Crippen molar-refractivity contribution in [3.05, 3.63) is 41.5 Å². The number of carbonyl (C=O) groups is 2. The quantitative estimate of drug-likeness (QED) is 0.805. The first-order valence-electron chi connectivity index (χ1n) is 9.88. The van der Waals surface area contributed by atoms with Crippen LogP contribution >= 0.6 is 0 Å². The molecular weight excluding hydrogens is 340 g/mol. The van der Waals surface area contributed by atoms with Crippen LogP contribution in [-0.2, 0) is 9.59 Å². The standard InChI is InChI=1S/C21H30N4O2/c1-16-6-8-18(9-7-16)19-10-11-21(27)25(23-19)15-20(26)22-12-14-24-13-4-3-5-17(24)2/h6-10,17,23H,3-5,11-15H2,1-2H3,(H,22,26). The van der Waals surface area contributed by atoms with E-state index in [1.165, 1.54) is 29.8 Å². The summed E-state index contributed by atoms with van der Waals surface area (Å²) in [4.78, 5) is 26.9. The number of benzene rings is 1. The smallest absolute Gasteiger partial charge is 0.245 e. The maximum absolute atomic E-state index is 12.3. The van der Waals surface area contributed by atoms with Gasteiger partial charge in [-0.3, -0.25) is 19.9 Å². The fourth-order valence-corrected chi connectivity index (χ4v) is 3.62. The first-order chi connectivity index (χ1) is 13.0. The van der Waals surface area contributed by atoms with Crippen LogP contribution in [-0.4, -0.2) is 53.9 Å². The van der Waals surface area contributed by atoms with Gasteiger partial charge in [-0.2, -0.15) is 0 Å². The third kappa shape index (κ3) is 5.32. The summed E-state index contributed by atoms with van der Waals surface area (Å²) in [6.07, 6.45) is 5.93. The molecule has 6 heteroatoms. The van der Waals surface area contributed by atoms with Crippen LogP contribution in [0, 0.1) is 6.92 Å². The van der Waals surface area contributed by atoms with Crippen molar-refractivity contribution in [2.24, 2.45) is 0 Å². The van der Waals surface area contributed by atoms with E-state index in [0.717, 1.165) is 24.4 Å². The summed E-state index contributed by atoms with van der Waals surface area (Å²) >= 11 is 0. The van der Waals surface area contributed by atoms with Gasteiger partial charge in [0.05, 0.1) is 5.70 Å². The minimum Gasteiger partial charge on any atom is -0.353 e. The number of hydrazine groups is 1. The number of hydrogen-bond donors (Lipinski definition) is 2. The zero-order valence-corrected chi connectivity index (χ0v) is 16.3. The number of amides is 2. The number of likely N-dealkylation sites (tertiary alicyclic amines) is 1. The molecule has 1 atom stereocenters. The molecule has 0 spiro atoms. The van der Waals surface area contributed by atoms with Gasteiger partial charge >= 0.3 is 0 Å². The Kier molecular flexibility index (Phi) is 6.50. The lowest BCUT2D eigenvalue weighted by Gasteiger charge is -2.33. The Morgan fingerprint density at radius 3 is 2.78 bits per heavy atom. The Hall–Kier alpha value is -2.34. The molecule has 0 saturated carbocycles. The fraction of sp³-hybridized carbons (Fsp3) is 0.524. The molecule has 1 aromatic carbocycles. The summed E-state index contributed by atoms with van der Waals surface area (Å²) in [6, 6.07) is 8.69. The molecule has 2 aliphatic rings. The van der Waals surface area contributed by atoms with Crippen LogP contribution < -0.4 is 10.7 Å². The molecule has 2 aliphatic heterocycles. The lowest BCUT2D eigenvalue weighted by Crippen LogP contribution is -2.50. The van der Waals surface area contributed by atoms with Gasteiger partial charge in [0, 0.05) is 25.6 Å². The van der Waals surface area contributed by atoms with Crippen molar-refractivity contribution >= 4 is 17.5 Å². The Morgan fingerprint density at radius 2 is 2.04 bits per heavy atom. The summed E-state index contributed by atoms with van der Waals surface area (Å²) in [5, 5.41) is 4.36. The minimum atomic E-state index is -0.134. The predicted molar refractivity (Wildman–Crippen MR) is 107 cm³/mol. The van der Waals surface area contributed by atoms with E-state index in [9.17, 15) is 9.59 Å². The highest BCUT2D eigenvalue weighted by Gasteiger charge is 2.22. The van der Waals surface area contributed by atoms with Crippen molar-refractivity contribution in [1.29, 1.82) is 0 Å². The number of nitrogens with one attached hydrogen (secondary N) is 2. The van der Waals surface area contributed by atoms with Crippen LogP contribution in [0.15, 0.2) is 30.3 Å². The Bertz CT molecular complexity index is 699. The average molecular weight is 370 g/mol. The van der Waals surface area contributed by atoms with E-state index in [-0.39, 0.29) is 18.4 Å². The molecule has 1 fully saturated rings. The van der Waals surface area contributed by atoms with Crippen LogP contribution in [0.2, 0.25) is 0 Å². The summed E-state index contributed by atoms with van der Waals surface area (Å²) in [5.41, 5.74) is 6.15. The molecule has 27 heavy (non-hydrogen) atoms. The van der Waals surface area contributed by atoms with Crippen LogP contribution in [0.3, 0.4) is 0 Å². The number of rotatable bonds is 6. The van der Waals surface area contributed by atoms with Gasteiger partial charge in [0.15, 0.2) is 0 Å². The monoisotopic (exact) mass is 370 g/mol. The molecule has 0 radical (unpaired) electrons. The topological polar surface area (TPSA) is 64.7 Å². The van der Waals surface area contributed by atoms with Crippen LogP contribution in [0.4, 0.5) is 0 Å². The van der Waals surface area contributed by atoms with Crippen molar-refractivity contribution in [2.45, 2.75) is 45.6 Å². The van der Waals surface area contributed by atoms with E-state index in [2.05, 4.69) is 22.6 Å². The third-order valence-corrected chi connectivity index (χ3v) is 5.36. The summed E-state index contributed by atoms with van der Waals surface area (Å²) in [6.45, 7) is 6.90. The van der Waals surface area contributed by atoms with E-state index in [1.54, 1.807) is 0 Å². The zero-order chi connectivity index (χ0) is 19.2. The fourth-order valence-electron chi connectivity index (χ4n) is 3.62. The second-order valence-corrected chi connectivity index (χ2v) is 7.51. The maximum Gasteiger partial charge on any atom is 0.245 e. The Labute approximate surface area is 161 Å². The third-order valence-electron chi connectivity index (χ3n) is 5.36. The van der Waals surface area contributed by atoms with E-state index in [1.807, 2.05) is 37.3 Å². The molecule has 2 amide bonds. The number of hydrogen-bond acceptors (Lipinski definition) is 4. The second-order valence-electron chi connectivity index (χ2n) is 7.51. The van der Waals surface area contributed by atoms with Crippen molar-refractivity contribution in [2.75, 3.05) is 26.2 Å². The van der Waals surface area contributed by atoms with Crippen molar-refractivity contribution in [3.8, 4) is 0 Å². The molecule has 1 unspecified atom stereocenters. The van der Waals surface area contributed by atoms with Crippen molar-refractivity contribution < 1.29 is 9.59 Å². The number of carbonyl (C=O) groups excluding carboxylic acids is 2. The largest absolute Gasteiger partial charge is 0.353 e. The molecule has 2 N–H and O–H groups in total. The molecular formula is C21H30N4O2. The van der Waals surface area contributed by atoms with Gasteiger partial charge in [0.2, 0.25) is 11.8 Å². The number of nitrogens with zero attached hydrogens (tertiary/aromatic N) is 2. The van der Waals surface area contributed by atoms with Gasteiger partial charge in [-0.1, -0.05) is 36.2 Å². The highest BCUT2D eigenvalue weighted by Crippen LogP contribution is 2.18. The number of aryl methyl sites for hydroxylation is 1. The normalized spacial score (nSPS) is 20.8. The molecule has 1 aromatic rings. The van der Waals surface area contributed by atoms with Gasteiger partial charge in [-0.25, -0.2) is 5.01 Å². The van der Waals surface area contributed by atoms with E-state index >= 15 is 0 Å². The van der Waals surface area contributed by atoms with E-state index in [0.29, 0.717) is 19.0 Å². The zero-order valence-electron chi connectivity index (χ0n) is 16.3.